The summed E-state index contributed by atoms with van der Waals surface area (Å²) in [5.41, 5.74) is 6.86. The number of carbonyl (C=O) groups excluding carboxylic acids is 1. The van der Waals surface area contributed by atoms with Gasteiger partial charge in [0, 0.05) is 44.0 Å². The second-order valence-corrected chi connectivity index (χ2v) is 5.96. The maximum absolute atomic E-state index is 11.1. The summed E-state index contributed by atoms with van der Waals surface area (Å²) in [4.78, 5) is 25.9. The van der Waals surface area contributed by atoms with Crippen LogP contribution in [0.25, 0.3) is 0 Å². The first-order valence-corrected chi connectivity index (χ1v) is 8.07. The topological polar surface area (TPSA) is 111 Å². The van der Waals surface area contributed by atoms with Gasteiger partial charge >= 0.3 is 5.69 Å². The fraction of sp³-hybridized carbons (Fsp3) is 0.375. The van der Waals surface area contributed by atoms with Gasteiger partial charge in [-0.25, -0.2) is 0 Å². The van der Waals surface area contributed by atoms with Crippen molar-refractivity contribution in [3.8, 4) is 0 Å². The first kappa shape index (κ1) is 16.9. The maximum atomic E-state index is 11.1. The van der Waals surface area contributed by atoms with Crippen molar-refractivity contribution >= 4 is 17.3 Å². The van der Waals surface area contributed by atoms with Crippen molar-refractivity contribution in [3.63, 3.8) is 0 Å². The summed E-state index contributed by atoms with van der Waals surface area (Å²) < 4.78 is 1.60. The number of nitro groups is 1. The third-order valence-corrected chi connectivity index (χ3v) is 4.37. The second-order valence-electron chi connectivity index (χ2n) is 5.96. The predicted molar refractivity (Wildman–Crippen MR) is 92.5 cm³/mol. The molecule has 1 aliphatic heterocycles. The summed E-state index contributed by atoms with van der Waals surface area (Å²) in [7, 11) is 0. The Morgan fingerprint density at radius 1 is 1.16 bits per heavy atom. The highest BCUT2D eigenvalue weighted by molar-refractivity contribution is 5.93. The van der Waals surface area contributed by atoms with Crippen molar-refractivity contribution in [2.75, 3.05) is 37.6 Å². The van der Waals surface area contributed by atoms with Crippen LogP contribution in [0.1, 0.15) is 10.4 Å². The zero-order valence-corrected chi connectivity index (χ0v) is 13.7. The molecule has 2 heterocycles. The molecule has 25 heavy (non-hydrogen) atoms. The van der Waals surface area contributed by atoms with Crippen molar-refractivity contribution in [2.24, 2.45) is 5.73 Å². The van der Waals surface area contributed by atoms with E-state index >= 15 is 0 Å². The number of benzene rings is 1. The number of hydrogen-bond acceptors (Lipinski definition) is 6. The van der Waals surface area contributed by atoms with Gasteiger partial charge in [-0.3, -0.25) is 24.5 Å². The molecular weight excluding hydrogens is 324 g/mol. The summed E-state index contributed by atoms with van der Waals surface area (Å²) in [6.45, 7) is 5.00. The summed E-state index contributed by atoms with van der Waals surface area (Å²) >= 11 is 0. The molecule has 0 radical (unpaired) electrons. The molecule has 9 heteroatoms. The maximum Gasteiger partial charge on any atom is 0.306 e. The summed E-state index contributed by atoms with van der Waals surface area (Å²) in [6.07, 6.45) is 2.73. The van der Waals surface area contributed by atoms with Gasteiger partial charge in [0.25, 0.3) is 0 Å². The van der Waals surface area contributed by atoms with E-state index in [-0.39, 0.29) is 5.69 Å². The average Bonchev–Trinajstić information content (AvgIpc) is 3.10. The molecule has 1 aromatic heterocycles. The second kappa shape index (κ2) is 7.31. The molecule has 1 fully saturated rings. The smallest absolute Gasteiger partial charge is 0.306 e. The molecule has 2 N–H and O–H groups in total. The summed E-state index contributed by atoms with van der Waals surface area (Å²) in [6, 6.07) is 7.32. The monoisotopic (exact) mass is 344 g/mol. The van der Waals surface area contributed by atoms with Crippen LogP contribution in [-0.4, -0.2) is 58.2 Å². The van der Waals surface area contributed by atoms with Crippen LogP contribution >= 0.6 is 0 Å². The number of piperazine rings is 1. The van der Waals surface area contributed by atoms with Crippen LogP contribution in [0.5, 0.6) is 0 Å². The van der Waals surface area contributed by atoms with Crippen LogP contribution in [0.4, 0.5) is 11.4 Å². The van der Waals surface area contributed by atoms with Gasteiger partial charge in [0.1, 0.15) is 12.4 Å². The summed E-state index contributed by atoms with van der Waals surface area (Å²) in [5.74, 6) is -0.421. The van der Waals surface area contributed by atoms with E-state index < -0.39 is 10.8 Å². The highest BCUT2D eigenvalue weighted by Crippen LogP contribution is 2.17. The minimum atomic E-state index is -0.439. The van der Waals surface area contributed by atoms with E-state index in [1.54, 1.807) is 16.8 Å². The van der Waals surface area contributed by atoms with Gasteiger partial charge < -0.3 is 10.6 Å². The number of primary amides is 1. The summed E-state index contributed by atoms with van der Waals surface area (Å²) in [5, 5.41) is 14.7. The lowest BCUT2D eigenvalue weighted by Crippen LogP contribution is -2.47. The van der Waals surface area contributed by atoms with Gasteiger partial charge in [-0.2, -0.15) is 5.10 Å². The largest absolute Gasteiger partial charge is 0.369 e. The van der Waals surface area contributed by atoms with Gasteiger partial charge in [0.05, 0.1) is 11.5 Å². The highest BCUT2D eigenvalue weighted by atomic mass is 16.6. The Bertz CT molecular complexity index is 749. The molecule has 1 saturated heterocycles. The van der Waals surface area contributed by atoms with Crippen LogP contribution in [0.3, 0.4) is 0 Å². The molecule has 1 amide bonds. The van der Waals surface area contributed by atoms with Crippen molar-refractivity contribution < 1.29 is 9.72 Å². The lowest BCUT2D eigenvalue weighted by molar-refractivity contribution is -0.385. The molecule has 0 unspecified atom stereocenters. The zero-order valence-electron chi connectivity index (χ0n) is 13.7. The number of anilines is 1. The zero-order chi connectivity index (χ0) is 17.8. The van der Waals surface area contributed by atoms with Crippen LogP contribution in [0.15, 0.2) is 36.7 Å². The minimum absolute atomic E-state index is 0.0178. The Morgan fingerprint density at radius 3 is 2.40 bits per heavy atom. The molecular formula is C16H20N6O3. The lowest BCUT2D eigenvalue weighted by Gasteiger charge is -2.36. The molecule has 9 nitrogen and oxygen atoms in total. The van der Waals surface area contributed by atoms with E-state index in [2.05, 4.69) is 14.9 Å². The fourth-order valence-corrected chi connectivity index (χ4v) is 2.88. The Morgan fingerprint density at radius 2 is 1.84 bits per heavy atom. The van der Waals surface area contributed by atoms with E-state index in [0.717, 1.165) is 38.4 Å². The van der Waals surface area contributed by atoms with Crippen molar-refractivity contribution in [1.29, 1.82) is 0 Å². The van der Waals surface area contributed by atoms with Crippen LogP contribution in [0.2, 0.25) is 0 Å². The normalized spacial score (nSPS) is 15.3. The first-order chi connectivity index (χ1) is 12.0. The van der Waals surface area contributed by atoms with Crippen LogP contribution in [-0.2, 0) is 6.54 Å². The molecule has 3 rings (SSSR count). The third kappa shape index (κ3) is 4.13. The molecule has 0 saturated carbocycles. The van der Waals surface area contributed by atoms with Gasteiger partial charge in [0.15, 0.2) is 0 Å². The highest BCUT2D eigenvalue weighted by Gasteiger charge is 2.18. The molecule has 0 spiro atoms. The standard InChI is InChI=1S/C16H20N6O3/c17-16(23)13-1-3-14(4-2-13)20-8-5-19(6-9-20)7-10-21-12-15(11-18-21)22(24)25/h1-4,11-12H,5-10H2,(H2,17,23). The molecule has 1 aliphatic rings. The predicted octanol–water partition coefficient (Wildman–Crippen LogP) is 0.712. The lowest BCUT2D eigenvalue weighted by atomic mass is 10.1. The van der Waals surface area contributed by atoms with E-state index in [0.29, 0.717) is 12.1 Å². The van der Waals surface area contributed by atoms with Crippen LogP contribution < -0.4 is 10.6 Å². The fourth-order valence-electron chi connectivity index (χ4n) is 2.88. The number of nitrogens with zero attached hydrogens (tertiary/aromatic N) is 5. The van der Waals surface area contributed by atoms with Crippen molar-refractivity contribution in [3.05, 3.63) is 52.3 Å². The Labute approximate surface area is 144 Å². The van der Waals surface area contributed by atoms with E-state index in [4.69, 9.17) is 5.73 Å². The average molecular weight is 344 g/mol. The molecule has 132 valence electrons. The number of rotatable bonds is 6. The van der Waals surface area contributed by atoms with E-state index in [1.165, 1.54) is 12.4 Å². The minimum Gasteiger partial charge on any atom is -0.369 e. The van der Waals surface area contributed by atoms with Gasteiger partial charge in [-0.15, -0.1) is 0 Å². The third-order valence-electron chi connectivity index (χ3n) is 4.37. The van der Waals surface area contributed by atoms with Crippen LogP contribution in [0, 0.1) is 10.1 Å². The molecule has 2 aromatic rings. The van der Waals surface area contributed by atoms with E-state index in [1.807, 2.05) is 12.1 Å². The van der Waals surface area contributed by atoms with Crippen molar-refractivity contribution in [2.45, 2.75) is 6.54 Å². The molecule has 0 atom stereocenters. The Hall–Kier alpha value is -2.94. The number of nitrogens with two attached hydrogens (primary N) is 1. The quantitative estimate of drug-likeness (QED) is 0.610. The first-order valence-electron chi connectivity index (χ1n) is 8.07. The molecule has 0 bridgehead atoms. The molecule has 0 aliphatic carbocycles. The van der Waals surface area contributed by atoms with Gasteiger partial charge in [0.2, 0.25) is 5.91 Å². The van der Waals surface area contributed by atoms with Gasteiger partial charge in [-0.05, 0) is 24.3 Å². The van der Waals surface area contributed by atoms with E-state index in [9.17, 15) is 14.9 Å². The number of carbonyl (C=O) groups is 1. The number of amides is 1. The Balaban J connectivity index is 1.48. The Kier molecular flexibility index (Phi) is 4.94. The number of hydrogen-bond donors (Lipinski definition) is 1. The molecule has 1 aromatic carbocycles. The van der Waals surface area contributed by atoms with Crippen molar-refractivity contribution in [1.82, 2.24) is 14.7 Å². The number of aromatic nitrogens is 2. The SMILES string of the molecule is NC(=O)c1ccc(N2CCN(CCn3cc([N+](=O)[O-])cn3)CC2)cc1. The van der Waals surface area contributed by atoms with Gasteiger partial charge in [-0.1, -0.05) is 0 Å².